The third kappa shape index (κ3) is 3.88. The second-order valence-electron chi connectivity index (χ2n) is 3.68. The summed E-state index contributed by atoms with van der Waals surface area (Å²) in [5.74, 6) is 0.461. The van der Waals surface area contributed by atoms with Gasteiger partial charge in [-0.05, 0) is 18.6 Å². The second-order valence-corrected chi connectivity index (χ2v) is 3.68. The van der Waals surface area contributed by atoms with Crippen molar-refractivity contribution in [3.8, 4) is 5.88 Å². The molecule has 0 unspecified atom stereocenters. The predicted molar refractivity (Wildman–Crippen MR) is 64.9 cm³/mol. The predicted octanol–water partition coefficient (Wildman–Crippen LogP) is 2.32. The fraction of sp³-hybridized carbons (Fsp3) is 0.500. The lowest BCUT2D eigenvalue weighted by Gasteiger charge is -2.08. The van der Waals surface area contributed by atoms with Crippen molar-refractivity contribution in [2.45, 2.75) is 32.6 Å². The molecule has 0 radical (unpaired) electrons. The van der Waals surface area contributed by atoms with Gasteiger partial charge < -0.3 is 10.5 Å². The average Bonchev–Trinajstić information content (AvgIpc) is 2.29. The smallest absolute Gasteiger partial charge is 0.224 e. The monoisotopic (exact) mass is 221 g/mol. The highest BCUT2D eigenvalue weighted by Crippen LogP contribution is 2.13. The quantitative estimate of drug-likeness (QED) is 0.421. The van der Waals surface area contributed by atoms with Gasteiger partial charge in [0.25, 0.3) is 0 Å². The molecule has 0 aromatic carbocycles. The summed E-state index contributed by atoms with van der Waals surface area (Å²) in [6.45, 7) is 2.81. The highest BCUT2D eigenvalue weighted by atomic mass is 16.5. The Hall–Kier alpha value is -1.58. The maximum atomic E-state index is 7.38. The molecule has 0 atom stereocenters. The number of pyridine rings is 1. The third-order valence-corrected chi connectivity index (χ3v) is 2.30. The Morgan fingerprint density at radius 2 is 2.25 bits per heavy atom. The zero-order valence-electron chi connectivity index (χ0n) is 9.70. The number of unbranched alkanes of at least 4 members (excludes halogenated alkanes) is 3. The van der Waals surface area contributed by atoms with E-state index in [1.54, 1.807) is 18.3 Å². The summed E-state index contributed by atoms with van der Waals surface area (Å²) >= 11 is 0. The van der Waals surface area contributed by atoms with Crippen LogP contribution in [0.1, 0.15) is 38.2 Å². The first-order valence-corrected chi connectivity index (χ1v) is 5.68. The molecule has 3 N–H and O–H groups in total. The Kier molecular flexibility index (Phi) is 5.32. The number of nitrogens with zero attached hydrogens (tertiary/aromatic N) is 1. The number of aromatic nitrogens is 1. The van der Waals surface area contributed by atoms with Crippen molar-refractivity contribution < 1.29 is 4.74 Å². The van der Waals surface area contributed by atoms with E-state index in [9.17, 15) is 0 Å². The lowest BCUT2D eigenvalue weighted by molar-refractivity contribution is 0.293. The summed E-state index contributed by atoms with van der Waals surface area (Å²) in [6, 6.07) is 3.50. The van der Waals surface area contributed by atoms with Crippen LogP contribution in [0.25, 0.3) is 0 Å². The van der Waals surface area contributed by atoms with E-state index in [0.717, 1.165) is 6.42 Å². The van der Waals surface area contributed by atoms with Crippen LogP contribution in [0.5, 0.6) is 5.88 Å². The van der Waals surface area contributed by atoms with Crippen molar-refractivity contribution in [2.24, 2.45) is 5.73 Å². The number of rotatable bonds is 7. The number of ether oxygens (including phenoxy) is 1. The van der Waals surface area contributed by atoms with Crippen LogP contribution >= 0.6 is 0 Å². The van der Waals surface area contributed by atoms with Gasteiger partial charge in [0, 0.05) is 6.20 Å². The Balaban J connectivity index is 2.44. The zero-order chi connectivity index (χ0) is 11.8. The number of nitrogens with one attached hydrogen (secondary N) is 1. The Bertz CT molecular complexity index is 339. The van der Waals surface area contributed by atoms with Crippen molar-refractivity contribution in [1.29, 1.82) is 5.41 Å². The Morgan fingerprint density at radius 1 is 1.44 bits per heavy atom. The van der Waals surface area contributed by atoms with E-state index < -0.39 is 0 Å². The van der Waals surface area contributed by atoms with E-state index >= 15 is 0 Å². The summed E-state index contributed by atoms with van der Waals surface area (Å²) < 4.78 is 5.51. The van der Waals surface area contributed by atoms with Crippen molar-refractivity contribution >= 4 is 5.84 Å². The average molecular weight is 221 g/mol. The third-order valence-electron chi connectivity index (χ3n) is 2.30. The van der Waals surface area contributed by atoms with E-state index in [4.69, 9.17) is 15.9 Å². The second kappa shape index (κ2) is 6.82. The summed E-state index contributed by atoms with van der Waals surface area (Å²) in [5, 5.41) is 7.38. The first-order chi connectivity index (χ1) is 7.75. The van der Waals surface area contributed by atoms with Crippen LogP contribution in [0.4, 0.5) is 0 Å². The highest BCUT2D eigenvalue weighted by molar-refractivity contribution is 5.96. The molecule has 1 heterocycles. The maximum absolute atomic E-state index is 7.38. The van der Waals surface area contributed by atoms with Gasteiger partial charge in [-0.15, -0.1) is 0 Å². The van der Waals surface area contributed by atoms with E-state index in [-0.39, 0.29) is 5.84 Å². The summed E-state index contributed by atoms with van der Waals surface area (Å²) in [4.78, 5) is 4.07. The minimum absolute atomic E-state index is 0.00309. The standard InChI is InChI=1S/C12H19N3O/c1-2-3-4-5-9-16-12-10(11(13)14)7-6-8-15-12/h6-8H,2-5,9H2,1H3,(H3,13,14). The normalized spacial score (nSPS) is 10.1. The first kappa shape index (κ1) is 12.5. The van der Waals surface area contributed by atoms with Crippen LogP contribution in [-0.2, 0) is 0 Å². The number of amidine groups is 1. The SMILES string of the molecule is CCCCCCOc1ncccc1C(=N)N. The number of hydrogen-bond acceptors (Lipinski definition) is 3. The highest BCUT2D eigenvalue weighted by Gasteiger charge is 2.06. The van der Waals surface area contributed by atoms with E-state index in [0.29, 0.717) is 18.1 Å². The lowest BCUT2D eigenvalue weighted by Crippen LogP contribution is -2.14. The van der Waals surface area contributed by atoms with Gasteiger partial charge in [0.15, 0.2) is 0 Å². The molecular weight excluding hydrogens is 202 g/mol. The summed E-state index contributed by atoms with van der Waals surface area (Å²) in [5.41, 5.74) is 6.00. The van der Waals surface area contributed by atoms with Crippen LogP contribution in [0.2, 0.25) is 0 Å². The molecule has 1 aromatic heterocycles. The fourth-order valence-corrected chi connectivity index (χ4v) is 1.41. The van der Waals surface area contributed by atoms with E-state index in [1.807, 2.05) is 0 Å². The van der Waals surface area contributed by atoms with Gasteiger partial charge in [0.2, 0.25) is 5.88 Å². The van der Waals surface area contributed by atoms with E-state index in [1.165, 1.54) is 19.3 Å². The number of nitrogen functional groups attached to an aromatic ring is 1. The molecule has 0 aliphatic heterocycles. The number of nitrogens with two attached hydrogens (primary N) is 1. The van der Waals surface area contributed by atoms with Crippen LogP contribution in [0.15, 0.2) is 18.3 Å². The van der Waals surface area contributed by atoms with Gasteiger partial charge in [-0.1, -0.05) is 26.2 Å². The van der Waals surface area contributed by atoms with Gasteiger partial charge in [0.1, 0.15) is 5.84 Å². The molecule has 0 saturated carbocycles. The van der Waals surface area contributed by atoms with Crippen molar-refractivity contribution in [1.82, 2.24) is 4.98 Å². The summed E-state index contributed by atoms with van der Waals surface area (Å²) in [6.07, 6.45) is 6.27. The summed E-state index contributed by atoms with van der Waals surface area (Å²) in [7, 11) is 0. The minimum Gasteiger partial charge on any atom is -0.477 e. The molecule has 88 valence electrons. The maximum Gasteiger partial charge on any atom is 0.224 e. The van der Waals surface area contributed by atoms with E-state index in [2.05, 4.69) is 11.9 Å². The number of hydrogen-bond donors (Lipinski definition) is 2. The van der Waals surface area contributed by atoms with Crippen molar-refractivity contribution in [2.75, 3.05) is 6.61 Å². The molecule has 4 heteroatoms. The Morgan fingerprint density at radius 3 is 2.94 bits per heavy atom. The topological polar surface area (TPSA) is 72.0 Å². The van der Waals surface area contributed by atoms with Crippen LogP contribution in [0, 0.1) is 5.41 Å². The van der Waals surface area contributed by atoms with Crippen LogP contribution in [0.3, 0.4) is 0 Å². The molecule has 0 fully saturated rings. The molecule has 0 bridgehead atoms. The van der Waals surface area contributed by atoms with Gasteiger partial charge in [0.05, 0.1) is 12.2 Å². The first-order valence-electron chi connectivity index (χ1n) is 5.68. The molecule has 1 aromatic rings. The zero-order valence-corrected chi connectivity index (χ0v) is 9.70. The fourth-order valence-electron chi connectivity index (χ4n) is 1.41. The molecule has 0 spiro atoms. The largest absolute Gasteiger partial charge is 0.477 e. The molecule has 16 heavy (non-hydrogen) atoms. The molecule has 0 amide bonds. The van der Waals surface area contributed by atoms with Gasteiger partial charge in [-0.3, -0.25) is 5.41 Å². The van der Waals surface area contributed by atoms with Crippen LogP contribution < -0.4 is 10.5 Å². The Labute approximate surface area is 96.3 Å². The molecular formula is C12H19N3O. The van der Waals surface area contributed by atoms with Crippen LogP contribution in [-0.4, -0.2) is 17.4 Å². The molecule has 1 rings (SSSR count). The molecule has 0 saturated heterocycles. The van der Waals surface area contributed by atoms with Gasteiger partial charge in [-0.2, -0.15) is 0 Å². The minimum atomic E-state index is -0.00309. The van der Waals surface area contributed by atoms with Gasteiger partial charge >= 0.3 is 0 Å². The van der Waals surface area contributed by atoms with Crippen molar-refractivity contribution in [3.05, 3.63) is 23.9 Å². The van der Waals surface area contributed by atoms with Gasteiger partial charge in [-0.25, -0.2) is 4.98 Å². The lowest BCUT2D eigenvalue weighted by atomic mass is 10.2. The molecule has 0 aliphatic carbocycles. The van der Waals surface area contributed by atoms with Crippen molar-refractivity contribution in [3.63, 3.8) is 0 Å². The molecule has 4 nitrogen and oxygen atoms in total. The molecule has 0 aliphatic rings.